The molecule has 8 heteroatoms. The molecule has 0 bridgehead atoms. The summed E-state index contributed by atoms with van der Waals surface area (Å²) in [6, 6.07) is 9.89. The van der Waals surface area contributed by atoms with Gasteiger partial charge in [-0.1, -0.05) is 47.5 Å². The summed E-state index contributed by atoms with van der Waals surface area (Å²) in [6.45, 7) is 6.48. The normalized spacial score (nSPS) is 15.1. The van der Waals surface area contributed by atoms with Crippen LogP contribution in [0.15, 0.2) is 30.3 Å². The van der Waals surface area contributed by atoms with Gasteiger partial charge in [0.25, 0.3) is 0 Å². The molecule has 1 aliphatic rings. The van der Waals surface area contributed by atoms with Crippen molar-refractivity contribution in [2.75, 3.05) is 31.1 Å². The Bertz CT molecular complexity index is 740. The Morgan fingerprint density at radius 2 is 1.62 bits per heavy atom. The number of aromatic nitrogens is 2. The molecule has 1 N–H and O–H groups in total. The number of anilines is 1. The average Bonchev–Trinajstić information content (AvgIpc) is 2.61. The second-order valence-corrected chi connectivity index (χ2v) is 7.08. The fourth-order valence-corrected chi connectivity index (χ4v) is 3.29. The zero-order valence-corrected chi connectivity index (χ0v) is 16.1. The number of carbonyl (C=O) groups excluding carboxylic acids is 1. The predicted octanol–water partition coefficient (Wildman–Crippen LogP) is 2.74. The third-order valence-corrected chi connectivity index (χ3v) is 4.66. The van der Waals surface area contributed by atoms with Crippen molar-refractivity contribution < 1.29 is 4.79 Å². The van der Waals surface area contributed by atoms with Gasteiger partial charge in [0.2, 0.25) is 11.9 Å². The van der Waals surface area contributed by atoms with E-state index >= 15 is 0 Å². The number of hydrogen-bond acceptors (Lipinski definition) is 5. The molecule has 1 aliphatic heterocycles. The quantitative estimate of drug-likeness (QED) is 0.791. The van der Waals surface area contributed by atoms with Crippen LogP contribution in [0.25, 0.3) is 0 Å². The van der Waals surface area contributed by atoms with Gasteiger partial charge in [0.15, 0.2) is 0 Å². The summed E-state index contributed by atoms with van der Waals surface area (Å²) in [6.07, 6.45) is 0. The predicted molar refractivity (Wildman–Crippen MR) is 104 cm³/mol. The number of carbonyl (C=O) groups is 1. The van der Waals surface area contributed by atoms with E-state index in [1.807, 2.05) is 0 Å². The van der Waals surface area contributed by atoms with Gasteiger partial charge >= 0.3 is 0 Å². The van der Waals surface area contributed by atoms with E-state index in [1.54, 1.807) is 6.07 Å². The fourth-order valence-electron chi connectivity index (χ4n) is 2.87. The van der Waals surface area contributed by atoms with E-state index in [2.05, 4.69) is 49.4 Å². The molecule has 2 aromatic rings. The van der Waals surface area contributed by atoms with Crippen LogP contribution in [0.1, 0.15) is 18.1 Å². The maximum atomic E-state index is 11.0. The number of hydrogen-bond donors (Lipinski definition) is 1. The van der Waals surface area contributed by atoms with Gasteiger partial charge in [0.1, 0.15) is 10.3 Å². The largest absolute Gasteiger partial charge is 0.352 e. The minimum atomic E-state index is -0.0167. The van der Waals surface area contributed by atoms with E-state index < -0.39 is 0 Å². The molecule has 1 saturated heterocycles. The molecular weight excluding hydrogens is 373 g/mol. The summed E-state index contributed by atoms with van der Waals surface area (Å²) in [5.41, 5.74) is 2.36. The van der Waals surface area contributed by atoms with Gasteiger partial charge in [0, 0.05) is 52.3 Å². The molecule has 1 fully saturated rings. The number of halogens is 2. The maximum absolute atomic E-state index is 11.0. The number of nitrogens with zero attached hydrogens (tertiary/aromatic N) is 4. The molecule has 0 saturated carbocycles. The van der Waals surface area contributed by atoms with Crippen LogP contribution in [-0.2, 0) is 17.9 Å². The van der Waals surface area contributed by atoms with Crippen LogP contribution in [0.4, 0.5) is 5.95 Å². The second kappa shape index (κ2) is 8.66. The first-order valence-corrected chi connectivity index (χ1v) is 9.25. The summed E-state index contributed by atoms with van der Waals surface area (Å²) < 4.78 is 0. The Hall–Kier alpha value is -1.89. The van der Waals surface area contributed by atoms with Gasteiger partial charge in [-0.3, -0.25) is 9.69 Å². The van der Waals surface area contributed by atoms with E-state index in [9.17, 15) is 4.79 Å². The smallest absolute Gasteiger partial charge is 0.228 e. The van der Waals surface area contributed by atoms with E-state index in [-0.39, 0.29) is 5.91 Å². The van der Waals surface area contributed by atoms with Gasteiger partial charge in [-0.05, 0) is 11.1 Å². The minimum Gasteiger partial charge on any atom is -0.352 e. The third-order valence-electron chi connectivity index (χ3n) is 4.28. The van der Waals surface area contributed by atoms with Crippen molar-refractivity contribution in [3.05, 3.63) is 51.8 Å². The van der Waals surface area contributed by atoms with Crippen LogP contribution in [0.2, 0.25) is 10.3 Å². The standard InChI is InChI=1S/C18H21Cl2N5O/c1-13(26)21-11-14-2-4-15(5-3-14)12-24-6-8-25(9-7-24)18-22-16(19)10-17(20)23-18/h2-5,10H,6-9,11-12H2,1H3,(H,21,26). The summed E-state index contributed by atoms with van der Waals surface area (Å²) in [4.78, 5) is 24.0. The van der Waals surface area contributed by atoms with Crippen molar-refractivity contribution in [2.24, 2.45) is 0 Å². The number of benzene rings is 1. The zero-order valence-electron chi connectivity index (χ0n) is 14.6. The molecule has 0 unspecified atom stereocenters. The first kappa shape index (κ1) is 18.9. The lowest BCUT2D eigenvalue weighted by atomic mass is 10.1. The summed E-state index contributed by atoms with van der Waals surface area (Å²) >= 11 is 11.9. The van der Waals surface area contributed by atoms with Gasteiger partial charge in [-0.25, -0.2) is 9.97 Å². The van der Waals surface area contributed by atoms with E-state index in [0.29, 0.717) is 22.8 Å². The van der Waals surface area contributed by atoms with Crippen molar-refractivity contribution in [1.82, 2.24) is 20.2 Å². The number of nitrogens with one attached hydrogen (secondary N) is 1. The summed E-state index contributed by atoms with van der Waals surface area (Å²) in [7, 11) is 0. The Kier molecular flexibility index (Phi) is 6.29. The lowest BCUT2D eigenvalue weighted by Crippen LogP contribution is -2.46. The average molecular weight is 394 g/mol. The van der Waals surface area contributed by atoms with Crippen molar-refractivity contribution in [1.29, 1.82) is 0 Å². The molecule has 1 aromatic heterocycles. The van der Waals surface area contributed by atoms with Crippen LogP contribution in [0.3, 0.4) is 0 Å². The number of amides is 1. The Labute approximate surface area is 163 Å². The molecule has 2 heterocycles. The van der Waals surface area contributed by atoms with Crippen LogP contribution >= 0.6 is 23.2 Å². The Balaban J connectivity index is 1.51. The van der Waals surface area contributed by atoms with Crippen molar-refractivity contribution >= 4 is 35.1 Å². The van der Waals surface area contributed by atoms with Crippen LogP contribution < -0.4 is 10.2 Å². The number of piperazine rings is 1. The van der Waals surface area contributed by atoms with E-state index in [0.717, 1.165) is 38.3 Å². The van der Waals surface area contributed by atoms with Crippen LogP contribution in [-0.4, -0.2) is 47.0 Å². The SMILES string of the molecule is CC(=O)NCc1ccc(CN2CCN(c3nc(Cl)cc(Cl)n3)CC2)cc1. The summed E-state index contributed by atoms with van der Waals surface area (Å²) in [5, 5.41) is 3.53. The molecule has 26 heavy (non-hydrogen) atoms. The minimum absolute atomic E-state index is 0.0167. The van der Waals surface area contributed by atoms with Crippen molar-refractivity contribution in [2.45, 2.75) is 20.0 Å². The molecule has 0 aliphatic carbocycles. The first-order valence-electron chi connectivity index (χ1n) is 8.49. The van der Waals surface area contributed by atoms with Gasteiger partial charge < -0.3 is 10.2 Å². The Morgan fingerprint density at radius 1 is 1.04 bits per heavy atom. The molecule has 0 radical (unpaired) electrons. The Morgan fingerprint density at radius 3 is 2.19 bits per heavy atom. The first-order chi connectivity index (χ1) is 12.5. The zero-order chi connectivity index (χ0) is 18.5. The molecule has 0 atom stereocenters. The highest BCUT2D eigenvalue weighted by atomic mass is 35.5. The van der Waals surface area contributed by atoms with Gasteiger partial charge in [-0.15, -0.1) is 0 Å². The highest BCUT2D eigenvalue weighted by molar-refractivity contribution is 6.33. The fraction of sp³-hybridized carbons (Fsp3) is 0.389. The van der Waals surface area contributed by atoms with Crippen molar-refractivity contribution in [3.63, 3.8) is 0 Å². The third kappa shape index (κ3) is 5.30. The summed E-state index contributed by atoms with van der Waals surface area (Å²) in [5.74, 6) is 0.571. The molecular formula is C18H21Cl2N5O. The van der Waals surface area contributed by atoms with Gasteiger partial charge in [-0.2, -0.15) is 0 Å². The second-order valence-electron chi connectivity index (χ2n) is 6.30. The topological polar surface area (TPSA) is 61.4 Å². The maximum Gasteiger partial charge on any atom is 0.228 e. The van der Waals surface area contributed by atoms with E-state index in [1.165, 1.54) is 12.5 Å². The molecule has 6 nitrogen and oxygen atoms in total. The molecule has 0 spiro atoms. The number of rotatable bonds is 5. The lowest BCUT2D eigenvalue weighted by Gasteiger charge is -2.34. The van der Waals surface area contributed by atoms with E-state index in [4.69, 9.17) is 23.2 Å². The van der Waals surface area contributed by atoms with Crippen molar-refractivity contribution in [3.8, 4) is 0 Å². The molecule has 138 valence electrons. The molecule has 3 rings (SSSR count). The lowest BCUT2D eigenvalue weighted by molar-refractivity contribution is -0.119. The molecule has 1 aromatic carbocycles. The van der Waals surface area contributed by atoms with Gasteiger partial charge in [0.05, 0.1) is 0 Å². The van der Waals surface area contributed by atoms with Crippen LogP contribution in [0.5, 0.6) is 0 Å². The highest BCUT2D eigenvalue weighted by Gasteiger charge is 2.19. The highest BCUT2D eigenvalue weighted by Crippen LogP contribution is 2.19. The molecule has 1 amide bonds. The van der Waals surface area contributed by atoms with Crippen LogP contribution in [0, 0.1) is 0 Å². The monoisotopic (exact) mass is 393 g/mol.